The highest BCUT2D eigenvalue weighted by molar-refractivity contribution is 7.89. The Hall–Kier alpha value is -0.920. The van der Waals surface area contributed by atoms with Crippen LogP contribution in [-0.2, 0) is 16.6 Å². The Kier molecular flexibility index (Phi) is 4.25. The van der Waals surface area contributed by atoms with Gasteiger partial charge in [-0.1, -0.05) is 6.92 Å². The molecule has 0 aliphatic rings. The highest BCUT2D eigenvalue weighted by atomic mass is 32.2. The number of nitrogens with one attached hydrogen (secondary N) is 1. The van der Waals surface area contributed by atoms with Crippen molar-refractivity contribution < 1.29 is 8.42 Å². The first-order valence-electron chi connectivity index (χ1n) is 4.80. The van der Waals surface area contributed by atoms with Gasteiger partial charge >= 0.3 is 0 Å². The lowest BCUT2D eigenvalue weighted by atomic mass is 10.4. The van der Waals surface area contributed by atoms with Gasteiger partial charge < -0.3 is 5.32 Å². The summed E-state index contributed by atoms with van der Waals surface area (Å²) >= 11 is 0. The molecule has 0 fully saturated rings. The number of hydrogen-bond donors (Lipinski definition) is 2. The molecule has 7 heteroatoms. The van der Waals surface area contributed by atoms with Gasteiger partial charge in [-0.3, -0.25) is 4.68 Å². The van der Waals surface area contributed by atoms with Gasteiger partial charge in [0.25, 0.3) is 0 Å². The average Bonchev–Trinajstić information content (AvgIpc) is 2.60. The van der Waals surface area contributed by atoms with Crippen LogP contribution in [0.1, 0.15) is 13.3 Å². The Labute approximate surface area is 89.5 Å². The van der Waals surface area contributed by atoms with Crippen molar-refractivity contribution in [2.75, 3.05) is 13.1 Å². The minimum atomic E-state index is -3.62. The van der Waals surface area contributed by atoms with Crippen molar-refractivity contribution in [1.82, 2.24) is 15.1 Å². The molecule has 0 aliphatic heterocycles. The fraction of sp³-hybridized carbons (Fsp3) is 0.625. The third kappa shape index (κ3) is 3.98. The maximum absolute atomic E-state index is 10.9. The van der Waals surface area contributed by atoms with Gasteiger partial charge in [0.2, 0.25) is 10.0 Å². The minimum Gasteiger partial charge on any atom is -0.317 e. The average molecular weight is 232 g/mol. The van der Waals surface area contributed by atoms with Crippen LogP contribution in [0.4, 0.5) is 0 Å². The van der Waals surface area contributed by atoms with Gasteiger partial charge in [0.15, 0.2) is 0 Å². The highest BCUT2D eigenvalue weighted by Gasteiger charge is 2.09. The second kappa shape index (κ2) is 5.24. The normalized spacial score (nSPS) is 11.9. The van der Waals surface area contributed by atoms with E-state index in [-0.39, 0.29) is 4.90 Å². The highest BCUT2D eigenvalue weighted by Crippen LogP contribution is 2.03. The van der Waals surface area contributed by atoms with Crippen LogP contribution < -0.4 is 10.5 Å². The van der Waals surface area contributed by atoms with E-state index in [9.17, 15) is 8.42 Å². The van der Waals surface area contributed by atoms with E-state index in [1.54, 1.807) is 4.68 Å². The predicted molar refractivity (Wildman–Crippen MR) is 56.8 cm³/mol. The van der Waals surface area contributed by atoms with Crippen LogP contribution >= 0.6 is 0 Å². The van der Waals surface area contributed by atoms with E-state index in [2.05, 4.69) is 10.4 Å². The number of nitrogens with two attached hydrogens (primary N) is 1. The summed E-state index contributed by atoms with van der Waals surface area (Å²) in [6.07, 6.45) is 3.61. The molecule has 86 valence electrons. The zero-order valence-corrected chi connectivity index (χ0v) is 9.50. The van der Waals surface area contributed by atoms with Crippen molar-refractivity contribution >= 4 is 10.0 Å². The summed E-state index contributed by atoms with van der Waals surface area (Å²) in [5.74, 6) is 0. The van der Waals surface area contributed by atoms with Gasteiger partial charge in [-0.2, -0.15) is 5.10 Å². The quantitative estimate of drug-likeness (QED) is 0.649. The fourth-order valence-electron chi connectivity index (χ4n) is 1.16. The molecule has 0 bridgehead atoms. The lowest BCUT2D eigenvalue weighted by molar-refractivity contribution is 0.549. The van der Waals surface area contributed by atoms with Gasteiger partial charge in [0, 0.05) is 12.7 Å². The molecule has 3 N–H and O–H groups in total. The van der Waals surface area contributed by atoms with Crippen LogP contribution in [0.3, 0.4) is 0 Å². The summed E-state index contributed by atoms with van der Waals surface area (Å²) < 4.78 is 23.4. The molecule has 0 spiro atoms. The number of primary sulfonamides is 1. The zero-order valence-electron chi connectivity index (χ0n) is 8.68. The van der Waals surface area contributed by atoms with Crippen LogP contribution in [0.15, 0.2) is 17.3 Å². The van der Waals surface area contributed by atoms with E-state index in [1.807, 2.05) is 6.92 Å². The molecule has 0 saturated heterocycles. The first kappa shape index (κ1) is 12.2. The van der Waals surface area contributed by atoms with Gasteiger partial charge in [-0.25, -0.2) is 13.6 Å². The van der Waals surface area contributed by atoms with Crippen molar-refractivity contribution in [3.63, 3.8) is 0 Å². The SMILES string of the molecule is CCNCCCn1cc(S(N)(=O)=O)cn1. The standard InChI is InChI=1S/C8H16N4O2S/c1-2-10-4-3-5-12-7-8(6-11-12)15(9,13)14/h6-7,10H,2-5H2,1H3,(H2,9,13,14). The second-order valence-electron chi connectivity index (χ2n) is 3.19. The van der Waals surface area contributed by atoms with Crippen LogP contribution in [0.5, 0.6) is 0 Å². The molecule has 0 unspecified atom stereocenters. The largest absolute Gasteiger partial charge is 0.317 e. The summed E-state index contributed by atoms with van der Waals surface area (Å²) in [5.41, 5.74) is 0. The molecule has 1 rings (SSSR count). The van der Waals surface area contributed by atoms with Gasteiger partial charge in [0.05, 0.1) is 6.20 Å². The fourth-order valence-corrected chi connectivity index (χ4v) is 1.62. The number of rotatable bonds is 6. The van der Waals surface area contributed by atoms with Crippen molar-refractivity contribution in [3.8, 4) is 0 Å². The Morgan fingerprint density at radius 2 is 2.33 bits per heavy atom. The maximum Gasteiger partial charge on any atom is 0.241 e. The second-order valence-corrected chi connectivity index (χ2v) is 4.75. The van der Waals surface area contributed by atoms with Crippen LogP contribution in [-0.4, -0.2) is 31.3 Å². The first-order valence-corrected chi connectivity index (χ1v) is 6.34. The smallest absolute Gasteiger partial charge is 0.241 e. The third-order valence-electron chi connectivity index (χ3n) is 1.93. The van der Waals surface area contributed by atoms with E-state index in [0.29, 0.717) is 6.54 Å². The first-order chi connectivity index (χ1) is 7.04. The van der Waals surface area contributed by atoms with Crippen LogP contribution in [0.25, 0.3) is 0 Å². The van der Waals surface area contributed by atoms with Crippen molar-refractivity contribution in [1.29, 1.82) is 0 Å². The summed E-state index contributed by atoms with van der Waals surface area (Å²) in [4.78, 5) is 0.0611. The molecule has 15 heavy (non-hydrogen) atoms. The topological polar surface area (TPSA) is 90.0 Å². The number of sulfonamides is 1. The number of aromatic nitrogens is 2. The number of aryl methyl sites for hydroxylation is 1. The molecular formula is C8H16N4O2S. The molecule has 0 atom stereocenters. The molecule has 0 radical (unpaired) electrons. The monoisotopic (exact) mass is 232 g/mol. The molecule has 1 aromatic heterocycles. The Bertz CT molecular complexity index is 399. The van der Waals surface area contributed by atoms with E-state index in [4.69, 9.17) is 5.14 Å². The van der Waals surface area contributed by atoms with Gasteiger partial charge in [-0.15, -0.1) is 0 Å². The van der Waals surface area contributed by atoms with Crippen molar-refractivity contribution in [2.24, 2.45) is 5.14 Å². The molecule has 0 aliphatic carbocycles. The Morgan fingerprint density at radius 1 is 1.60 bits per heavy atom. The molecular weight excluding hydrogens is 216 g/mol. The number of nitrogens with zero attached hydrogens (tertiary/aromatic N) is 2. The molecule has 1 heterocycles. The van der Waals surface area contributed by atoms with E-state index in [0.717, 1.165) is 19.5 Å². The zero-order chi connectivity index (χ0) is 11.3. The molecule has 0 saturated carbocycles. The van der Waals surface area contributed by atoms with Crippen LogP contribution in [0.2, 0.25) is 0 Å². The van der Waals surface area contributed by atoms with Crippen molar-refractivity contribution in [2.45, 2.75) is 24.8 Å². The Balaban J connectivity index is 2.47. The predicted octanol–water partition coefficient (Wildman–Crippen LogP) is -0.470. The lowest BCUT2D eigenvalue weighted by Crippen LogP contribution is -2.16. The van der Waals surface area contributed by atoms with E-state index >= 15 is 0 Å². The summed E-state index contributed by atoms with van der Waals surface area (Å²) in [6.45, 7) is 4.54. The molecule has 6 nitrogen and oxygen atoms in total. The maximum atomic E-state index is 10.9. The summed E-state index contributed by atoms with van der Waals surface area (Å²) in [5, 5.41) is 12.0. The van der Waals surface area contributed by atoms with Crippen LogP contribution in [0, 0.1) is 0 Å². The lowest BCUT2D eigenvalue weighted by Gasteiger charge is -2.01. The summed E-state index contributed by atoms with van der Waals surface area (Å²) in [7, 11) is -3.62. The summed E-state index contributed by atoms with van der Waals surface area (Å²) in [6, 6.07) is 0. The molecule has 1 aromatic rings. The third-order valence-corrected chi connectivity index (χ3v) is 2.80. The molecule has 0 aromatic carbocycles. The van der Waals surface area contributed by atoms with E-state index in [1.165, 1.54) is 12.4 Å². The Morgan fingerprint density at radius 3 is 2.87 bits per heavy atom. The molecule has 0 amide bonds. The van der Waals surface area contributed by atoms with E-state index < -0.39 is 10.0 Å². The minimum absolute atomic E-state index is 0.0611. The van der Waals surface area contributed by atoms with Gasteiger partial charge in [-0.05, 0) is 19.5 Å². The number of hydrogen-bond acceptors (Lipinski definition) is 4. The van der Waals surface area contributed by atoms with Crippen molar-refractivity contribution in [3.05, 3.63) is 12.4 Å². The van der Waals surface area contributed by atoms with Gasteiger partial charge in [0.1, 0.15) is 4.90 Å².